The Morgan fingerprint density at radius 2 is 0.618 bits per heavy atom. The minimum atomic E-state index is 0.851. The van der Waals surface area contributed by atoms with Gasteiger partial charge in [-0.05, 0) is 57.9 Å². The summed E-state index contributed by atoms with van der Waals surface area (Å²) in [5, 5.41) is 11.6. The lowest BCUT2D eigenvalue weighted by Crippen LogP contribution is -2.11. The fourth-order valence-electron chi connectivity index (χ4n) is 8.60. The molecule has 1 aromatic heterocycles. The Balaban J connectivity index is 1.23. The molecule has 10 aromatic carbocycles. The van der Waals surface area contributed by atoms with Crippen LogP contribution in [0.15, 0.2) is 211 Å². The molecule has 0 atom stereocenters. The maximum atomic E-state index is 7.12. The molecule has 11 rings (SSSR count). The van der Waals surface area contributed by atoms with Crippen molar-refractivity contribution < 1.29 is 4.42 Å². The first-order valence-corrected chi connectivity index (χ1v) is 18.8. The summed E-state index contributed by atoms with van der Waals surface area (Å²) in [5.74, 6) is 0. The standard InChI is InChI=1S/C52H34N2O/c1-3-21-37(22-4-1)53(45-31-15-19-35-17-7-9-25-39(35)45)47-33-49-51(43-29-13-11-27-41(43)47)52-44-30-14-12-28-42(44)48(34-50(52)55-49)54(38-23-5-2-6-24-38)46-32-16-20-36-18-8-10-26-40(36)46/h1-34H. The van der Waals surface area contributed by atoms with E-state index in [1.807, 2.05) is 0 Å². The summed E-state index contributed by atoms with van der Waals surface area (Å²) in [6.45, 7) is 0. The molecule has 11 aromatic rings. The second kappa shape index (κ2) is 12.6. The summed E-state index contributed by atoms with van der Waals surface area (Å²) in [6, 6.07) is 73.7. The molecular weight excluding hydrogens is 669 g/mol. The van der Waals surface area contributed by atoms with Gasteiger partial charge in [0.2, 0.25) is 0 Å². The van der Waals surface area contributed by atoms with E-state index in [1.54, 1.807) is 0 Å². The van der Waals surface area contributed by atoms with Crippen LogP contribution in [0.25, 0.3) is 65.0 Å². The van der Waals surface area contributed by atoms with Crippen LogP contribution in [0.3, 0.4) is 0 Å². The summed E-state index contributed by atoms with van der Waals surface area (Å²) in [7, 11) is 0. The van der Waals surface area contributed by atoms with Crippen molar-refractivity contribution in [2.75, 3.05) is 9.80 Å². The highest BCUT2D eigenvalue weighted by atomic mass is 16.3. The van der Waals surface area contributed by atoms with Crippen LogP contribution >= 0.6 is 0 Å². The van der Waals surface area contributed by atoms with Crippen LogP contribution in [0.1, 0.15) is 0 Å². The lowest BCUT2D eigenvalue weighted by atomic mass is 9.96. The minimum Gasteiger partial charge on any atom is -0.456 e. The third-order valence-electron chi connectivity index (χ3n) is 11.0. The fourth-order valence-corrected chi connectivity index (χ4v) is 8.60. The number of para-hydroxylation sites is 2. The Labute approximate surface area is 318 Å². The summed E-state index contributed by atoms with van der Waals surface area (Å²) in [5.41, 5.74) is 8.23. The van der Waals surface area contributed by atoms with Crippen molar-refractivity contribution in [1.82, 2.24) is 0 Å². The number of rotatable bonds is 6. The van der Waals surface area contributed by atoms with Gasteiger partial charge in [0.15, 0.2) is 0 Å². The predicted octanol–water partition coefficient (Wildman–Crippen LogP) is 15.1. The van der Waals surface area contributed by atoms with Crippen LogP contribution in [0.4, 0.5) is 34.1 Å². The SMILES string of the molecule is c1ccc(N(c2cccc3ccccc23)c2cc3oc4cc(N(c5ccccc5)c5cccc6ccccc56)c5ccccc5c4c3c3ccccc23)cc1. The van der Waals surface area contributed by atoms with E-state index in [9.17, 15) is 0 Å². The van der Waals surface area contributed by atoms with Gasteiger partial charge in [0, 0.05) is 55.8 Å². The summed E-state index contributed by atoms with van der Waals surface area (Å²) in [6.07, 6.45) is 0. The lowest BCUT2D eigenvalue weighted by molar-refractivity contribution is 0.669. The molecule has 0 saturated carbocycles. The summed E-state index contributed by atoms with van der Waals surface area (Å²) in [4.78, 5) is 4.77. The van der Waals surface area contributed by atoms with E-state index in [4.69, 9.17) is 4.42 Å². The number of furan rings is 1. The van der Waals surface area contributed by atoms with Crippen molar-refractivity contribution in [1.29, 1.82) is 0 Å². The van der Waals surface area contributed by atoms with Crippen LogP contribution in [0, 0.1) is 0 Å². The molecule has 0 aliphatic rings. The third kappa shape index (κ3) is 4.98. The highest BCUT2D eigenvalue weighted by molar-refractivity contribution is 6.30. The van der Waals surface area contributed by atoms with Gasteiger partial charge < -0.3 is 14.2 Å². The molecule has 55 heavy (non-hydrogen) atoms. The zero-order valence-corrected chi connectivity index (χ0v) is 29.9. The van der Waals surface area contributed by atoms with Gasteiger partial charge in [-0.15, -0.1) is 0 Å². The number of fused-ring (bicyclic) bond motifs is 9. The number of anilines is 6. The Morgan fingerprint density at radius 1 is 0.273 bits per heavy atom. The van der Waals surface area contributed by atoms with E-state index < -0.39 is 0 Å². The maximum Gasteiger partial charge on any atom is 0.138 e. The van der Waals surface area contributed by atoms with Crippen LogP contribution in [-0.2, 0) is 0 Å². The van der Waals surface area contributed by atoms with Crippen molar-refractivity contribution >= 4 is 99.2 Å². The molecular formula is C52H34N2O. The van der Waals surface area contributed by atoms with Crippen molar-refractivity contribution in [3.63, 3.8) is 0 Å². The first kappa shape index (κ1) is 31.2. The quantitative estimate of drug-likeness (QED) is 0.172. The normalized spacial score (nSPS) is 11.6. The van der Waals surface area contributed by atoms with Crippen molar-refractivity contribution in [2.45, 2.75) is 0 Å². The number of benzene rings is 10. The average Bonchev–Trinajstić information content (AvgIpc) is 3.64. The van der Waals surface area contributed by atoms with Gasteiger partial charge in [-0.25, -0.2) is 0 Å². The highest BCUT2D eigenvalue weighted by Gasteiger charge is 2.25. The van der Waals surface area contributed by atoms with E-state index in [0.717, 1.165) is 77.6 Å². The molecule has 1 heterocycles. The Hall–Kier alpha value is -7.36. The minimum absolute atomic E-state index is 0.851. The molecule has 0 amide bonds. The molecule has 0 N–H and O–H groups in total. The van der Waals surface area contributed by atoms with Gasteiger partial charge in [0.1, 0.15) is 11.2 Å². The van der Waals surface area contributed by atoms with E-state index in [1.165, 1.54) is 21.5 Å². The van der Waals surface area contributed by atoms with Crippen LogP contribution in [-0.4, -0.2) is 0 Å². The number of nitrogens with zero attached hydrogens (tertiary/aromatic N) is 2. The van der Waals surface area contributed by atoms with Gasteiger partial charge in [-0.1, -0.05) is 158 Å². The summed E-state index contributed by atoms with van der Waals surface area (Å²) >= 11 is 0. The smallest absolute Gasteiger partial charge is 0.138 e. The van der Waals surface area contributed by atoms with Gasteiger partial charge in [-0.3, -0.25) is 0 Å². The molecule has 0 unspecified atom stereocenters. The predicted molar refractivity (Wildman–Crippen MR) is 233 cm³/mol. The first-order chi connectivity index (χ1) is 27.3. The van der Waals surface area contributed by atoms with E-state index in [2.05, 4.69) is 216 Å². The van der Waals surface area contributed by atoms with Crippen LogP contribution in [0.5, 0.6) is 0 Å². The molecule has 3 heteroatoms. The number of hydrogen-bond acceptors (Lipinski definition) is 3. The maximum absolute atomic E-state index is 7.12. The van der Waals surface area contributed by atoms with Gasteiger partial charge in [0.05, 0.1) is 22.7 Å². The molecule has 0 bridgehead atoms. The third-order valence-corrected chi connectivity index (χ3v) is 11.0. The lowest BCUT2D eigenvalue weighted by Gasteiger charge is -2.28. The van der Waals surface area contributed by atoms with E-state index >= 15 is 0 Å². The van der Waals surface area contributed by atoms with E-state index in [-0.39, 0.29) is 0 Å². The van der Waals surface area contributed by atoms with Crippen molar-refractivity contribution in [3.8, 4) is 0 Å². The molecule has 0 saturated heterocycles. The molecule has 0 aliphatic heterocycles. The van der Waals surface area contributed by atoms with Crippen LogP contribution < -0.4 is 9.80 Å². The topological polar surface area (TPSA) is 19.6 Å². The monoisotopic (exact) mass is 702 g/mol. The average molecular weight is 703 g/mol. The first-order valence-electron chi connectivity index (χ1n) is 18.8. The van der Waals surface area contributed by atoms with E-state index in [0.29, 0.717) is 0 Å². The van der Waals surface area contributed by atoms with Gasteiger partial charge in [0.25, 0.3) is 0 Å². The molecule has 0 aliphatic carbocycles. The Bertz CT molecular complexity index is 2990. The zero-order chi connectivity index (χ0) is 36.3. The summed E-state index contributed by atoms with van der Waals surface area (Å²) < 4.78 is 7.12. The van der Waals surface area contributed by atoms with Crippen molar-refractivity contribution in [3.05, 3.63) is 206 Å². The largest absolute Gasteiger partial charge is 0.456 e. The Morgan fingerprint density at radius 3 is 1.05 bits per heavy atom. The van der Waals surface area contributed by atoms with Crippen molar-refractivity contribution in [2.24, 2.45) is 0 Å². The molecule has 0 radical (unpaired) electrons. The van der Waals surface area contributed by atoms with Crippen LogP contribution in [0.2, 0.25) is 0 Å². The fraction of sp³-hybridized carbons (Fsp3) is 0. The molecule has 3 nitrogen and oxygen atoms in total. The molecule has 258 valence electrons. The van der Waals surface area contributed by atoms with Gasteiger partial charge in [-0.2, -0.15) is 0 Å². The Kier molecular flexibility index (Phi) is 7.17. The number of hydrogen-bond donors (Lipinski definition) is 0. The zero-order valence-electron chi connectivity index (χ0n) is 29.9. The van der Waals surface area contributed by atoms with Gasteiger partial charge >= 0.3 is 0 Å². The molecule has 0 fully saturated rings. The highest BCUT2D eigenvalue weighted by Crippen LogP contribution is 2.50. The second-order valence-electron chi connectivity index (χ2n) is 14.1. The molecule has 0 spiro atoms. The second-order valence-corrected chi connectivity index (χ2v) is 14.1.